The van der Waals surface area contributed by atoms with Crippen LogP contribution < -0.4 is 9.64 Å². The van der Waals surface area contributed by atoms with Crippen molar-refractivity contribution in [1.82, 2.24) is 9.29 Å². The van der Waals surface area contributed by atoms with Gasteiger partial charge >= 0.3 is 0 Å². The molecule has 3 heterocycles. The summed E-state index contributed by atoms with van der Waals surface area (Å²) in [6.07, 6.45) is 4.33. The Balaban J connectivity index is 1.47. The van der Waals surface area contributed by atoms with Crippen molar-refractivity contribution in [2.75, 3.05) is 25.1 Å². The maximum absolute atomic E-state index is 13.6. The number of piperidine rings is 1. The van der Waals surface area contributed by atoms with Crippen LogP contribution in [0.3, 0.4) is 0 Å². The SMILES string of the molecule is COc1cccc2sc(N(Cc3ccco3)C(=O)c3ccc(S(=O)(=O)N4CCCCC4)cc3)nc12. The first kappa shape index (κ1) is 23.5. The molecule has 1 aliphatic rings. The smallest absolute Gasteiger partial charge is 0.260 e. The molecule has 0 atom stereocenters. The van der Waals surface area contributed by atoms with E-state index in [1.807, 2.05) is 18.2 Å². The van der Waals surface area contributed by atoms with Gasteiger partial charge in [-0.2, -0.15) is 4.31 Å². The maximum atomic E-state index is 13.6. The van der Waals surface area contributed by atoms with E-state index in [4.69, 9.17) is 9.15 Å². The van der Waals surface area contributed by atoms with Crippen LogP contribution in [0, 0.1) is 0 Å². The number of anilines is 1. The molecule has 1 fully saturated rings. The summed E-state index contributed by atoms with van der Waals surface area (Å²) in [5, 5.41) is 0.496. The van der Waals surface area contributed by atoms with E-state index in [9.17, 15) is 13.2 Å². The minimum atomic E-state index is -3.57. The van der Waals surface area contributed by atoms with Crippen LogP contribution in [-0.4, -0.2) is 43.8 Å². The number of carbonyl (C=O) groups is 1. The number of furan rings is 1. The Bertz CT molecular complexity index is 1420. The Morgan fingerprint density at radius 3 is 2.54 bits per heavy atom. The predicted molar refractivity (Wildman–Crippen MR) is 134 cm³/mol. The second kappa shape index (κ2) is 9.80. The van der Waals surface area contributed by atoms with Crippen molar-refractivity contribution in [2.45, 2.75) is 30.7 Å². The van der Waals surface area contributed by atoms with Crippen LogP contribution in [0.4, 0.5) is 5.13 Å². The predicted octanol–water partition coefficient (Wildman–Crippen LogP) is 4.92. The minimum Gasteiger partial charge on any atom is -0.494 e. The highest BCUT2D eigenvalue weighted by Crippen LogP contribution is 2.35. The number of benzene rings is 2. The second-order valence-corrected chi connectivity index (χ2v) is 11.2. The third kappa shape index (κ3) is 4.69. The molecule has 35 heavy (non-hydrogen) atoms. The summed E-state index contributed by atoms with van der Waals surface area (Å²) in [6.45, 7) is 1.24. The first-order valence-corrected chi connectivity index (χ1v) is 13.6. The molecule has 182 valence electrons. The average Bonchev–Trinajstić information content (AvgIpc) is 3.57. The average molecular weight is 512 g/mol. The van der Waals surface area contributed by atoms with Crippen LogP contribution in [0.15, 0.2) is 70.2 Å². The number of thiazole rings is 1. The van der Waals surface area contributed by atoms with Gasteiger partial charge in [-0.25, -0.2) is 13.4 Å². The number of amides is 1. The van der Waals surface area contributed by atoms with E-state index in [0.29, 0.717) is 40.8 Å². The summed E-state index contributed by atoms with van der Waals surface area (Å²) in [7, 11) is -1.99. The van der Waals surface area contributed by atoms with E-state index in [1.165, 1.54) is 32.7 Å². The second-order valence-electron chi connectivity index (χ2n) is 8.26. The van der Waals surface area contributed by atoms with Gasteiger partial charge in [0, 0.05) is 18.7 Å². The molecule has 10 heteroatoms. The first-order chi connectivity index (χ1) is 17.0. The van der Waals surface area contributed by atoms with Crippen molar-refractivity contribution in [3.63, 3.8) is 0 Å². The summed E-state index contributed by atoms with van der Waals surface area (Å²) >= 11 is 1.38. The van der Waals surface area contributed by atoms with E-state index in [0.717, 1.165) is 24.0 Å². The Kier molecular flexibility index (Phi) is 6.59. The summed E-state index contributed by atoms with van der Waals surface area (Å²) in [5.41, 5.74) is 1.04. The van der Waals surface area contributed by atoms with Crippen LogP contribution in [0.25, 0.3) is 10.2 Å². The summed E-state index contributed by atoms with van der Waals surface area (Å²) in [6, 6.07) is 15.3. The Morgan fingerprint density at radius 1 is 1.09 bits per heavy atom. The molecule has 0 unspecified atom stereocenters. The van der Waals surface area contributed by atoms with Crippen LogP contribution in [-0.2, 0) is 16.6 Å². The first-order valence-electron chi connectivity index (χ1n) is 11.4. The number of hydrogen-bond acceptors (Lipinski definition) is 7. The van der Waals surface area contributed by atoms with Gasteiger partial charge in [-0.3, -0.25) is 9.69 Å². The lowest BCUT2D eigenvalue weighted by Gasteiger charge is -2.26. The van der Waals surface area contributed by atoms with E-state index in [-0.39, 0.29) is 17.3 Å². The van der Waals surface area contributed by atoms with Gasteiger partial charge in [-0.05, 0) is 61.4 Å². The summed E-state index contributed by atoms with van der Waals surface area (Å²) in [5.74, 6) is 0.929. The zero-order valence-corrected chi connectivity index (χ0v) is 20.8. The molecule has 5 rings (SSSR count). The Labute approximate surface area is 207 Å². The fourth-order valence-electron chi connectivity index (χ4n) is 4.16. The molecular weight excluding hydrogens is 486 g/mol. The monoisotopic (exact) mass is 511 g/mol. The zero-order chi connectivity index (χ0) is 24.4. The molecule has 0 spiro atoms. The van der Waals surface area contributed by atoms with Crippen LogP contribution in [0.5, 0.6) is 5.75 Å². The number of methoxy groups -OCH3 is 1. The molecule has 0 bridgehead atoms. The summed E-state index contributed by atoms with van der Waals surface area (Å²) in [4.78, 5) is 20.0. The zero-order valence-electron chi connectivity index (χ0n) is 19.2. The molecule has 0 radical (unpaired) electrons. The number of carbonyl (C=O) groups excluding carboxylic acids is 1. The number of sulfonamides is 1. The van der Waals surface area contributed by atoms with Crippen molar-refractivity contribution >= 4 is 42.6 Å². The topological polar surface area (TPSA) is 92.9 Å². The Hall–Kier alpha value is -3.21. The normalized spacial score (nSPS) is 14.8. The van der Waals surface area contributed by atoms with Gasteiger partial charge in [0.25, 0.3) is 5.91 Å². The Morgan fingerprint density at radius 2 is 1.86 bits per heavy atom. The third-order valence-electron chi connectivity index (χ3n) is 6.01. The van der Waals surface area contributed by atoms with Crippen molar-refractivity contribution in [3.8, 4) is 5.75 Å². The van der Waals surface area contributed by atoms with E-state index in [1.54, 1.807) is 37.6 Å². The van der Waals surface area contributed by atoms with Crippen molar-refractivity contribution < 1.29 is 22.4 Å². The van der Waals surface area contributed by atoms with Gasteiger partial charge in [0.2, 0.25) is 10.0 Å². The molecule has 0 saturated carbocycles. The molecule has 1 aliphatic heterocycles. The van der Waals surface area contributed by atoms with Gasteiger partial charge in [0.05, 0.1) is 29.5 Å². The van der Waals surface area contributed by atoms with Gasteiger partial charge in [0.15, 0.2) is 5.13 Å². The highest BCUT2D eigenvalue weighted by atomic mass is 32.2. The lowest BCUT2D eigenvalue weighted by atomic mass is 10.2. The molecule has 1 amide bonds. The largest absolute Gasteiger partial charge is 0.494 e. The maximum Gasteiger partial charge on any atom is 0.260 e. The number of ether oxygens (including phenoxy) is 1. The quantitative estimate of drug-likeness (QED) is 0.350. The van der Waals surface area contributed by atoms with Crippen molar-refractivity contribution in [2.24, 2.45) is 0 Å². The molecule has 1 saturated heterocycles. The number of para-hydroxylation sites is 1. The number of hydrogen-bond donors (Lipinski definition) is 0. The number of nitrogens with zero attached hydrogens (tertiary/aromatic N) is 3. The van der Waals surface area contributed by atoms with Crippen LogP contribution >= 0.6 is 11.3 Å². The van der Waals surface area contributed by atoms with Crippen LogP contribution in [0.1, 0.15) is 35.4 Å². The molecular formula is C25H25N3O5S2. The van der Waals surface area contributed by atoms with E-state index in [2.05, 4.69) is 4.98 Å². The highest BCUT2D eigenvalue weighted by molar-refractivity contribution is 7.89. The van der Waals surface area contributed by atoms with Crippen molar-refractivity contribution in [3.05, 3.63) is 72.2 Å². The number of aromatic nitrogens is 1. The van der Waals surface area contributed by atoms with Crippen molar-refractivity contribution in [1.29, 1.82) is 0 Å². The molecule has 0 N–H and O–H groups in total. The van der Waals surface area contributed by atoms with Crippen LogP contribution in [0.2, 0.25) is 0 Å². The lowest BCUT2D eigenvalue weighted by Crippen LogP contribution is -2.35. The van der Waals surface area contributed by atoms with Gasteiger partial charge < -0.3 is 9.15 Å². The lowest BCUT2D eigenvalue weighted by molar-refractivity contribution is 0.0983. The highest BCUT2D eigenvalue weighted by Gasteiger charge is 2.27. The molecule has 2 aromatic heterocycles. The fraction of sp³-hybridized carbons (Fsp3) is 0.280. The third-order valence-corrected chi connectivity index (χ3v) is 8.97. The molecule has 0 aliphatic carbocycles. The minimum absolute atomic E-state index is 0.182. The molecule has 8 nitrogen and oxygen atoms in total. The standard InChI is InChI=1S/C25H25N3O5S2/c1-32-21-8-5-9-22-23(21)26-25(34-22)28(17-19-7-6-16-33-19)24(29)18-10-12-20(13-11-18)35(30,31)27-14-3-2-4-15-27/h5-13,16H,2-4,14-15,17H2,1H3. The van der Waals surface area contributed by atoms with Gasteiger partial charge in [0.1, 0.15) is 17.0 Å². The molecule has 2 aromatic carbocycles. The number of rotatable bonds is 7. The number of fused-ring (bicyclic) bond motifs is 1. The van der Waals surface area contributed by atoms with Gasteiger partial charge in [-0.15, -0.1) is 0 Å². The van der Waals surface area contributed by atoms with Gasteiger partial charge in [-0.1, -0.05) is 23.8 Å². The van der Waals surface area contributed by atoms with E-state index < -0.39 is 10.0 Å². The van der Waals surface area contributed by atoms with E-state index >= 15 is 0 Å². The molecule has 4 aromatic rings. The summed E-state index contributed by atoms with van der Waals surface area (Å²) < 4.78 is 39.3. The fourth-order valence-corrected chi connectivity index (χ4v) is 6.65.